The van der Waals surface area contributed by atoms with Crippen molar-refractivity contribution in [3.63, 3.8) is 0 Å². The van der Waals surface area contributed by atoms with Gasteiger partial charge in [0.05, 0.1) is 5.56 Å². The fourth-order valence-electron chi connectivity index (χ4n) is 3.18. The Morgan fingerprint density at radius 2 is 2.04 bits per heavy atom. The van der Waals surface area contributed by atoms with Gasteiger partial charge in [0, 0.05) is 24.0 Å². The number of rotatable bonds is 6. The van der Waals surface area contributed by atoms with E-state index in [1.165, 1.54) is 44.2 Å². The molecule has 1 aliphatic rings. The minimum Gasteiger partial charge on any atom is -0.468 e. The zero-order valence-electron chi connectivity index (χ0n) is 14.7. The van der Waals surface area contributed by atoms with Gasteiger partial charge in [-0.15, -0.1) is 0 Å². The summed E-state index contributed by atoms with van der Waals surface area (Å²) < 4.78 is 40.9. The van der Waals surface area contributed by atoms with Gasteiger partial charge < -0.3 is 10.1 Å². The quantitative estimate of drug-likeness (QED) is 0.788. The van der Waals surface area contributed by atoms with Crippen LogP contribution in [0.2, 0.25) is 0 Å². The Morgan fingerprint density at radius 3 is 2.70 bits per heavy atom. The molecule has 0 bridgehead atoms. The summed E-state index contributed by atoms with van der Waals surface area (Å²) in [6.45, 7) is -1.43. The number of ether oxygens (including phenoxy) is 1. The molecule has 2 aromatic heterocycles. The summed E-state index contributed by atoms with van der Waals surface area (Å²) in [5, 5.41) is 9.69. The molecular weight excluding hydrogens is 361 g/mol. The second-order valence-electron chi connectivity index (χ2n) is 6.73. The Hall–Kier alpha value is -2.58. The fraction of sp³-hybridized carbons (Fsp3) is 0.500. The molecule has 9 heteroatoms. The summed E-state index contributed by atoms with van der Waals surface area (Å²) in [5.74, 6) is 0.415. The van der Waals surface area contributed by atoms with Crippen molar-refractivity contribution >= 4 is 11.7 Å². The molecule has 6 nitrogen and oxygen atoms in total. The lowest BCUT2D eigenvalue weighted by Gasteiger charge is -2.20. The molecule has 1 saturated carbocycles. The lowest BCUT2D eigenvalue weighted by molar-refractivity contribution is -0.154. The van der Waals surface area contributed by atoms with Crippen molar-refractivity contribution in [2.24, 2.45) is 5.92 Å². The fourth-order valence-corrected chi connectivity index (χ4v) is 3.18. The lowest BCUT2D eigenvalue weighted by Crippen LogP contribution is -2.19. The van der Waals surface area contributed by atoms with Gasteiger partial charge in [-0.25, -0.2) is 4.98 Å². The topological polar surface area (TPSA) is 79.9 Å². The number of H-pyrrole nitrogens is 1. The van der Waals surface area contributed by atoms with E-state index in [1.54, 1.807) is 6.07 Å². The number of aromatic amines is 1. The van der Waals surface area contributed by atoms with Crippen LogP contribution in [-0.4, -0.2) is 33.9 Å². The first-order chi connectivity index (χ1) is 12.9. The van der Waals surface area contributed by atoms with Crippen molar-refractivity contribution in [2.75, 3.05) is 11.9 Å². The number of halogens is 3. The van der Waals surface area contributed by atoms with Crippen molar-refractivity contribution in [3.05, 3.63) is 35.7 Å². The van der Waals surface area contributed by atoms with Crippen LogP contribution in [0.15, 0.2) is 24.4 Å². The second-order valence-corrected chi connectivity index (χ2v) is 6.73. The first kappa shape index (κ1) is 19.2. The van der Waals surface area contributed by atoms with Crippen LogP contribution in [0.5, 0.6) is 5.88 Å². The van der Waals surface area contributed by atoms with Gasteiger partial charge in [0.1, 0.15) is 0 Å². The van der Waals surface area contributed by atoms with Gasteiger partial charge >= 0.3 is 6.18 Å². The van der Waals surface area contributed by atoms with Crippen LogP contribution in [-0.2, 0) is 6.42 Å². The predicted octanol–water partition coefficient (Wildman–Crippen LogP) is 4.12. The summed E-state index contributed by atoms with van der Waals surface area (Å²) >= 11 is 0. The molecule has 0 atom stereocenters. The Kier molecular flexibility index (Phi) is 5.98. The molecule has 1 fully saturated rings. The third-order valence-electron chi connectivity index (χ3n) is 4.49. The largest absolute Gasteiger partial charge is 0.468 e. The number of pyridine rings is 1. The molecule has 0 aliphatic heterocycles. The molecule has 0 unspecified atom stereocenters. The van der Waals surface area contributed by atoms with Crippen LogP contribution in [0, 0.1) is 5.92 Å². The summed E-state index contributed by atoms with van der Waals surface area (Å²) in [5.41, 5.74) is 1.18. The summed E-state index contributed by atoms with van der Waals surface area (Å²) in [6, 6.07) is 4.38. The highest BCUT2D eigenvalue weighted by molar-refractivity contribution is 6.03. The van der Waals surface area contributed by atoms with E-state index in [1.807, 2.05) is 0 Å². The molecule has 0 aromatic carbocycles. The minimum absolute atomic E-state index is 0.196. The van der Waals surface area contributed by atoms with E-state index >= 15 is 0 Å². The first-order valence-corrected chi connectivity index (χ1v) is 8.90. The number of nitrogens with one attached hydrogen (secondary N) is 2. The van der Waals surface area contributed by atoms with Gasteiger partial charge in [0.15, 0.2) is 12.4 Å². The molecule has 2 N–H and O–H groups in total. The summed E-state index contributed by atoms with van der Waals surface area (Å²) in [6.07, 6.45) is 3.90. The molecule has 2 aromatic rings. The van der Waals surface area contributed by atoms with Gasteiger partial charge in [0.2, 0.25) is 5.88 Å². The molecule has 146 valence electrons. The van der Waals surface area contributed by atoms with E-state index in [4.69, 9.17) is 0 Å². The van der Waals surface area contributed by atoms with E-state index in [0.29, 0.717) is 11.7 Å². The number of anilines is 1. The van der Waals surface area contributed by atoms with E-state index < -0.39 is 18.7 Å². The monoisotopic (exact) mass is 382 g/mol. The van der Waals surface area contributed by atoms with Gasteiger partial charge in [0.25, 0.3) is 5.91 Å². The average molecular weight is 382 g/mol. The normalized spacial score (nSPS) is 15.5. The van der Waals surface area contributed by atoms with Gasteiger partial charge in [-0.3, -0.25) is 9.89 Å². The Morgan fingerprint density at radius 1 is 1.26 bits per heavy atom. The maximum atomic E-state index is 12.2. The molecule has 0 spiro atoms. The van der Waals surface area contributed by atoms with Crippen LogP contribution in [0.1, 0.15) is 48.2 Å². The maximum absolute atomic E-state index is 12.2. The Bertz CT molecular complexity index is 753. The van der Waals surface area contributed by atoms with Gasteiger partial charge in [-0.05, 0) is 18.4 Å². The number of carbonyl (C=O) groups is 1. The number of aromatic nitrogens is 3. The number of hydrogen-bond donors (Lipinski definition) is 2. The first-order valence-electron chi connectivity index (χ1n) is 8.90. The van der Waals surface area contributed by atoms with Crippen LogP contribution in [0.4, 0.5) is 19.0 Å². The SMILES string of the molecule is O=C(Nc1cc(CC2CCCCC2)[nH]n1)c1ccc(OCC(F)(F)F)nc1. The van der Waals surface area contributed by atoms with E-state index in [-0.39, 0.29) is 11.4 Å². The second kappa shape index (κ2) is 8.41. The molecule has 1 amide bonds. The molecule has 0 saturated heterocycles. The highest BCUT2D eigenvalue weighted by Crippen LogP contribution is 2.26. The number of nitrogens with zero attached hydrogens (tertiary/aromatic N) is 2. The van der Waals surface area contributed by atoms with E-state index in [9.17, 15) is 18.0 Å². The summed E-state index contributed by atoms with van der Waals surface area (Å²) in [7, 11) is 0. The third-order valence-corrected chi connectivity index (χ3v) is 4.49. The predicted molar refractivity (Wildman–Crippen MR) is 92.6 cm³/mol. The summed E-state index contributed by atoms with van der Waals surface area (Å²) in [4.78, 5) is 15.9. The highest BCUT2D eigenvalue weighted by atomic mass is 19.4. The standard InChI is InChI=1S/C18H21F3N4O2/c19-18(20,21)11-27-16-7-6-13(10-22-16)17(26)23-15-9-14(24-25-15)8-12-4-2-1-3-5-12/h6-7,9-10,12H,1-5,8,11H2,(H2,23,24,25,26). The van der Waals surface area contributed by atoms with Crippen molar-refractivity contribution in [1.82, 2.24) is 15.2 Å². The zero-order chi connectivity index (χ0) is 19.3. The smallest absolute Gasteiger partial charge is 0.422 e. The number of amides is 1. The number of alkyl halides is 3. The molecule has 27 heavy (non-hydrogen) atoms. The molecule has 1 aliphatic carbocycles. The van der Waals surface area contributed by atoms with Crippen molar-refractivity contribution in [2.45, 2.75) is 44.7 Å². The Balaban J connectivity index is 1.52. The van der Waals surface area contributed by atoms with Crippen molar-refractivity contribution < 1.29 is 22.7 Å². The van der Waals surface area contributed by atoms with E-state index in [2.05, 4.69) is 25.2 Å². The van der Waals surface area contributed by atoms with Crippen molar-refractivity contribution in [3.8, 4) is 5.88 Å². The molecule has 0 radical (unpaired) electrons. The van der Waals surface area contributed by atoms with E-state index in [0.717, 1.165) is 18.3 Å². The zero-order valence-corrected chi connectivity index (χ0v) is 14.7. The van der Waals surface area contributed by atoms with Crippen LogP contribution in [0.25, 0.3) is 0 Å². The molecule has 2 heterocycles. The molecular formula is C18H21F3N4O2. The average Bonchev–Trinajstić information content (AvgIpc) is 3.07. The molecule has 3 rings (SSSR count). The number of hydrogen-bond acceptors (Lipinski definition) is 4. The Labute approximate surface area is 154 Å². The van der Waals surface area contributed by atoms with Crippen LogP contribution < -0.4 is 10.1 Å². The van der Waals surface area contributed by atoms with Crippen LogP contribution >= 0.6 is 0 Å². The third kappa shape index (κ3) is 5.97. The lowest BCUT2D eigenvalue weighted by atomic mass is 9.86. The van der Waals surface area contributed by atoms with Gasteiger partial charge in [-0.1, -0.05) is 32.1 Å². The van der Waals surface area contributed by atoms with Gasteiger partial charge in [-0.2, -0.15) is 18.3 Å². The van der Waals surface area contributed by atoms with Crippen molar-refractivity contribution in [1.29, 1.82) is 0 Å². The maximum Gasteiger partial charge on any atom is 0.422 e. The highest BCUT2D eigenvalue weighted by Gasteiger charge is 2.28. The van der Waals surface area contributed by atoms with Crippen LogP contribution in [0.3, 0.4) is 0 Å². The minimum atomic E-state index is -4.44. The number of carbonyl (C=O) groups excluding carboxylic acids is 1.